The average Bonchev–Trinajstić information content (AvgIpc) is 2.42. The van der Waals surface area contributed by atoms with Gasteiger partial charge in [-0.05, 0) is 12.8 Å². The average molecular weight is 358 g/mol. The molecule has 0 saturated heterocycles. The van der Waals surface area contributed by atoms with Crippen LogP contribution in [0.1, 0.15) is 19.3 Å². The summed E-state index contributed by atoms with van der Waals surface area (Å²) in [5.41, 5.74) is 4.94. The molecule has 0 spiro atoms. The van der Waals surface area contributed by atoms with Crippen LogP contribution in [-0.2, 0) is 9.59 Å². The number of nitrogens with two attached hydrogens (primary N) is 1. The molecule has 0 fully saturated rings. The molecule has 0 heterocycles. The quantitative estimate of drug-likeness (QED) is 0.234. The summed E-state index contributed by atoms with van der Waals surface area (Å²) in [6, 6.07) is 0. The third-order valence-corrected chi connectivity index (χ3v) is 3.64. The molecule has 0 aromatic carbocycles. The van der Waals surface area contributed by atoms with E-state index in [1.807, 2.05) is 0 Å². The van der Waals surface area contributed by atoms with Gasteiger partial charge < -0.3 is 31.3 Å². The zero-order valence-corrected chi connectivity index (χ0v) is 12.3. The van der Waals surface area contributed by atoms with Gasteiger partial charge in [0, 0.05) is 6.42 Å². The van der Waals surface area contributed by atoms with Crippen LogP contribution in [0.15, 0.2) is 0 Å². The first-order chi connectivity index (χ1) is 9.22. The Morgan fingerprint density at radius 2 is 1.65 bits per heavy atom. The Morgan fingerprint density at radius 1 is 1.10 bits per heavy atom. The summed E-state index contributed by atoms with van der Waals surface area (Å²) in [6.45, 7) is -0.824. The lowest BCUT2D eigenvalue weighted by molar-refractivity contribution is -0.146. The van der Waals surface area contributed by atoms with Crippen molar-refractivity contribution in [2.75, 3.05) is 6.61 Å². The summed E-state index contributed by atoms with van der Waals surface area (Å²) >= 11 is 3.00. The number of hydrogen-bond donors (Lipinski definition) is 6. The van der Waals surface area contributed by atoms with Crippen LogP contribution in [0.25, 0.3) is 0 Å². The minimum atomic E-state index is -1.93. The second-order valence-electron chi connectivity index (χ2n) is 4.40. The van der Waals surface area contributed by atoms with Crippen molar-refractivity contribution >= 4 is 27.6 Å². The summed E-state index contributed by atoms with van der Waals surface area (Å²) in [6.07, 6.45) is -6.77. The van der Waals surface area contributed by atoms with E-state index in [9.17, 15) is 24.9 Å². The van der Waals surface area contributed by atoms with E-state index in [0.29, 0.717) is 6.42 Å². The van der Waals surface area contributed by atoms with Crippen molar-refractivity contribution in [3.05, 3.63) is 0 Å². The van der Waals surface area contributed by atoms with E-state index >= 15 is 0 Å². The largest absolute Gasteiger partial charge is 0.394 e. The summed E-state index contributed by atoms with van der Waals surface area (Å²) in [5.74, 6) is -1.31. The number of aliphatic hydroxyl groups is 5. The molecule has 0 aromatic heterocycles. The molecule has 0 aromatic rings. The van der Waals surface area contributed by atoms with Crippen molar-refractivity contribution in [2.45, 2.75) is 48.5 Å². The number of Topliss-reactive ketones (excluding diaryl/α,β-unsaturated/α-hetero) is 1. The first kappa shape index (κ1) is 19.4. The minimum absolute atomic E-state index is 0.0832. The number of aliphatic hydroxyl groups excluding tert-OH is 5. The van der Waals surface area contributed by atoms with Gasteiger partial charge in [-0.25, -0.2) is 0 Å². The Hall–Kier alpha value is -0.580. The maximum atomic E-state index is 11.7. The van der Waals surface area contributed by atoms with Gasteiger partial charge in [0.25, 0.3) is 0 Å². The number of halogens is 1. The monoisotopic (exact) mass is 357 g/mol. The number of rotatable bonds is 10. The molecule has 20 heavy (non-hydrogen) atoms. The topological polar surface area (TPSA) is 161 Å². The van der Waals surface area contributed by atoms with Crippen LogP contribution >= 0.6 is 15.9 Å². The number of ketones is 1. The number of alkyl halides is 1. The lowest BCUT2D eigenvalue weighted by Crippen LogP contribution is -2.50. The fourth-order valence-corrected chi connectivity index (χ4v) is 2.07. The second kappa shape index (κ2) is 9.37. The fraction of sp³-hybridized carbons (Fsp3) is 0.818. The molecule has 0 rings (SSSR count). The molecule has 9 heteroatoms. The number of carbonyl (C=O) groups excluding carboxylic acids is 2. The third kappa shape index (κ3) is 6.25. The molecule has 0 aliphatic rings. The minimum Gasteiger partial charge on any atom is -0.394 e. The van der Waals surface area contributed by atoms with Crippen LogP contribution < -0.4 is 5.73 Å². The van der Waals surface area contributed by atoms with Gasteiger partial charge in [-0.2, -0.15) is 0 Å². The fourth-order valence-electron chi connectivity index (χ4n) is 1.47. The first-order valence-electron chi connectivity index (χ1n) is 6.01. The molecule has 0 bridgehead atoms. The lowest BCUT2D eigenvalue weighted by atomic mass is 9.97. The summed E-state index contributed by atoms with van der Waals surface area (Å²) in [5, 5.41) is 46.3. The molecule has 0 aliphatic heterocycles. The predicted octanol–water partition coefficient (Wildman–Crippen LogP) is -2.59. The van der Waals surface area contributed by atoms with E-state index in [2.05, 4.69) is 15.9 Å². The van der Waals surface area contributed by atoms with Crippen molar-refractivity contribution < 1.29 is 35.1 Å². The SMILES string of the molecule is NC(=O)CCCC(Br)C(=O)[C@H](O)[C@@H](O)[C@H](O)[C@H](O)CO. The molecule has 1 unspecified atom stereocenters. The van der Waals surface area contributed by atoms with Gasteiger partial charge >= 0.3 is 0 Å². The van der Waals surface area contributed by atoms with E-state index in [-0.39, 0.29) is 12.8 Å². The molecule has 0 aliphatic carbocycles. The molecule has 118 valence electrons. The highest BCUT2D eigenvalue weighted by Crippen LogP contribution is 2.16. The van der Waals surface area contributed by atoms with Crippen LogP contribution in [0, 0.1) is 0 Å². The van der Waals surface area contributed by atoms with E-state index in [4.69, 9.17) is 15.9 Å². The van der Waals surface area contributed by atoms with Crippen molar-refractivity contribution in [1.29, 1.82) is 0 Å². The van der Waals surface area contributed by atoms with E-state index < -0.39 is 47.5 Å². The molecular weight excluding hydrogens is 338 g/mol. The van der Waals surface area contributed by atoms with Gasteiger partial charge in [0.15, 0.2) is 5.78 Å². The standard InChI is InChI=1S/C11H20BrNO7/c12-5(2-1-3-7(13)16)8(17)10(19)11(20)9(18)6(15)4-14/h5-6,9-11,14-15,18-20H,1-4H2,(H2,13,16)/t5?,6-,9-,10+,11+/m1/s1. The number of amides is 1. The van der Waals surface area contributed by atoms with Crippen molar-refractivity contribution in [2.24, 2.45) is 5.73 Å². The van der Waals surface area contributed by atoms with Gasteiger partial charge in [0.2, 0.25) is 5.91 Å². The zero-order chi connectivity index (χ0) is 15.9. The number of carbonyl (C=O) groups is 2. The van der Waals surface area contributed by atoms with Gasteiger partial charge in [0.05, 0.1) is 11.4 Å². The Kier molecular flexibility index (Phi) is 9.10. The molecule has 8 nitrogen and oxygen atoms in total. The van der Waals surface area contributed by atoms with Crippen LogP contribution in [0.2, 0.25) is 0 Å². The molecular formula is C11H20BrNO7. The lowest BCUT2D eigenvalue weighted by Gasteiger charge is -2.25. The van der Waals surface area contributed by atoms with Crippen LogP contribution in [0.3, 0.4) is 0 Å². The van der Waals surface area contributed by atoms with E-state index in [1.54, 1.807) is 0 Å². The molecule has 0 saturated carbocycles. The van der Waals surface area contributed by atoms with Crippen molar-refractivity contribution in [3.63, 3.8) is 0 Å². The second-order valence-corrected chi connectivity index (χ2v) is 5.51. The van der Waals surface area contributed by atoms with Crippen LogP contribution in [-0.4, -0.2) is 73.1 Å². The molecule has 1 amide bonds. The van der Waals surface area contributed by atoms with Gasteiger partial charge in [-0.15, -0.1) is 0 Å². The Morgan fingerprint density at radius 3 is 2.10 bits per heavy atom. The highest BCUT2D eigenvalue weighted by Gasteiger charge is 2.36. The number of primary amides is 1. The van der Waals surface area contributed by atoms with Crippen LogP contribution in [0.4, 0.5) is 0 Å². The van der Waals surface area contributed by atoms with Gasteiger partial charge in [-0.1, -0.05) is 15.9 Å². The normalized spacial score (nSPS) is 18.9. The van der Waals surface area contributed by atoms with Gasteiger partial charge in [0.1, 0.15) is 24.4 Å². The smallest absolute Gasteiger partial charge is 0.217 e. The van der Waals surface area contributed by atoms with Gasteiger partial charge in [-0.3, -0.25) is 9.59 Å². The van der Waals surface area contributed by atoms with E-state index in [1.165, 1.54) is 0 Å². The Labute approximate surface area is 124 Å². The summed E-state index contributed by atoms with van der Waals surface area (Å²) in [4.78, 5) is 21.5. The first-order valence-corrected chi connectivity index (χ1v) is 6.93. The molecule has 7 N–H and O–H groups in total. The maximum absolute atomic E-state index is 11.7. The molecule has 5 atom stereocenters. The predicted molar refractivity (Wildman–Crippen MR) is 71.9 cm³/mol. The maximum Gasteiger partial charge on any atom is 0.217 e. The van der Waals surface area contributed by atoms with E-state index in [0.717, 1.165) is 0 Å². The van der Waals surface area contributed by atoms with Crippen LogP contribution in [0.5, 0.6) is 0 Å². The highest BCUT2D eigenvalue weighted by atomic mass is 79.9. The number of hydrogen-bond acceptors (Lipinski definition) is 7. The zero-order valence-electron chi connectivity index (χ0n) is 10.7. The summed E-state index contributed by atoms with van der Waals surface area (Å²) < 4.78 is 0. The third-order valence-electron chi connectivity index (χ3n) is 2.74. The Bertz CT molecular complexity index is 328. The van der Waals surface area contributed by atoms with Crippen molar-refractivity contribution in [3.8, 4) is 0 Å². The molecule has 0 radical (unpaired) electrons. The Balaban J connectivity index is 4.40. The summed E-state index contributed by atoms with van der Waals surface area (Å²) in [7, 11) is 0. The van der Waals surface area contributed by atoms with Crippen molar-refractivity contribution in [1.82, 2.24) is 0 Å². The highest BCUT2D eigenvalue weighted by molar-refractivity contribution is 9.10.